The maximum atomic E-state index is 10.8. The van der Waals surface area contributed by atoms with Crippen LogP contribution in [0.15, 0.2) is 0 Å². The van der Waals surface area contributed by atoms with Crippen LogP contribution in [0.1, 0.15) is 0 Å². The zero-order valence-corrected chi connectivity index (χ0v) is 9.36. The Balaban J connectivity index is 0.00000289. The van der Waals surface area contributed by atoms with E-state index >= 15 is 0 Å². The second-order valence-corrected chi connectivity index (χ2v) is 3.38. The molecule has 1 aliphatic rings. The minimum Gasteiger partial charge on any atom is -0.481 e. The Morgan fingerprint density at radius 2 is 0.944 bits per heavy atom. The highest BCUT2D eigenvalue weighted by molar-refractivity contribution is 5.92. The molecule has 102 valence electrons. The van der Waals surface area contributed by atoms with Gasteiger partial charge >= 0.3 is 23.9 Å². The largest absolute Gasteiger partial charge is 0.481 e. The topological polar surface area (TPSA) is 158 Å². The van der Waals surface area contributed by atoms with Crippen LogP contribution < -0.4 is 0 Å². The molecule has 0 bridgehead atoms. The van der Waals surface area contributed by atoms with Crippen molar-refractivity contribution < 1.29 is 44.3 Å². The SMILES string of the molecule is Cl.O=C(O)C1OC(C(=O)O)C(C(=O)O)C1C(=O)O. The molecule has 10 heteroatoms. The molecule has 0 aromatic rings. The Morgan fingerprint density at radius 3 is 1.11 bits per heavy atom. The Hall–Kier alpha value is -1.87. The molecule has 1 heterocycles. The first-order valence-corrected chi connectivity index (χ1v) is 4.34. The summed E-state index contributed by atoms with van der Waals surface area (Å²) in [6, 6.07) is 0. The van der Waals surface area contributed by atoms with Gasteiger partial charge in [-0.3, -0.25) is 9.59 Å². The number of hydrogen-bond acceptors (Lipinski definition) is 5. The summed E-state index contributed by atoms with van der Waals surface area (Å²) in [6.07, 6.45) is -3.98. The third-order valence-electron chi connectivity index (χ3n) is 2.39. The van der Waals surface area contributed by atoms with Gasteiger partial charge in [-0.1, -0.05) is 0 Å². The summed E-state index contributed by atoms with van der Waals surface area (Å²) in [5.41, 5.74) is 0. The quantitative estimate of drug-likeness (QED) is 0.494. The van der Waals surface area contributed by atoms with Crippen LogP contribution in [0.2, 0.25) is 0 Å². The summed E-state index contributed by atoms with van der Waals surface area (Å²) >= 11 is 0. The second kappa shape index (κ2) is 5.65. The summed E-state index contributed by atoms with van der Waals surface area (Å²) in [5.74, 6) is -10.8. The molecule has 0 aromatic carbocycles. The van der Waals surface area contributed by atoms with Crippen LogP contribution in [0.4, 0.5) is 0 Å². The number of carbonyl (C=O) groups is 4. The van der Waals surface area contributed by atoms with Gasteiger partial charge in [0.05, 0.1) is 0 Å². The maximum absolute atomic E-state index is 10.8. The van der Waals surface area contributed by atoms with E-state index in [1.165, 1.54) is 0 Å². The predicted molar refractivity (Wildman–Crippen MR) is 53.4 cm³/mol. The van der Waals surface area contributed by atoms with Crippen molar-refractivity contribution in [2.24, 2.45) is 11.8 Å². The Labute approximate surface area is 105 Å². The van der Waals surface area contributed by atoms with Gasteiger partial charge in [-0.25, -0.2) is 9.59 Å². The lowest BCUT2D eigenvalue weighted by Crippen LogP contribution is -2.39. The van der Waals surface area contributed by atoms with Gasteiger partial charge in [0, 0.05) is 0 Å². The lowest BCUT2D eigenvalue weighted by atomic mass is 9.87. The summed E-state index contributed by atoms with van der Waals surface area (Å²) < 4.78 is 4.47. The molecule has 1 aliphatic heterocycles. The number of halogens is 1. The van der Waals surface area contributed by atoms with Crippen LogP contribution in [0.3, 0.4) is 0 Å². The van der Waals surface area contributed by atoms with Gasteiger partial charge < -0.3 is 25.2 Å². The van der Waals surface area contributed by atoms with Crippen molar-refractivity contribution in [1.82, 2.24) is 0 Å². The van der Waals surface area contributed by atoms with Crippen molar-refractivity contribution in [2.45, 2.75) is 12.2 Å². The smallest absolute Gasteiger partial charge is 0.333 e. The van der Waals surface area contributed by atoms with E-state index in [1.807, 2.05) is 0 Å². The van der Waals surface area contributed by atoms with Crippen LogP contribution in [0.5, 0.6) is 0 Å². The Morgan fingerprint density at radius 1 is 0.667 bits per heavy atom. The van der Waals surface area contributed by atoms with Gasteiger partial charge in [-0.15, -0.1) is 12.4 Å². The molecule has 1 fully saturated rings. The molecule has 1 saturated heterocycles. The van der Waals surface area contributed by atoms with E-state index in [0.29, 0.717) is 0 Å². The average molecular weight is 285 g/mol. The van der Waals surface area contributed by atoms with E-state index in [4.69, 9.17) is 20.4 Å². The summed E-state index contributed by atoms with van der Waals surface area (Å²) in [7, 11) is 0. The fraction of sp³-hybridized carbons (Fsp3) is 0.500. The molecular formula is C8H9ClO9. The standard InChI is InChI=1S/C8H8O9.ClH/c9-5(10)1-2(6(11)12)4(8(15)16)17-3(1)7(13)14;/h1-4H,(H,9,10)(H,11,12)(H,13,14)(H,15,16);1H. The Bertz CT molecular complexity index is 356. The molecule has 1 rings (SSSR count). The first kappa shape index (κ1) is 16.1. The molecule has 18 heavy (non-hydrogen) atoms. The van der Waals surface area contributed by atoms with E-state index in [9.17, 15) is 19.2 Å². The predicted octanol–water partition coefficient (Wildman–Crippen LogP) is -1.25. The number of rotatable bonds is 4. The number of aliphatic carboxylic acids is 4. The van der Waals surface area contributed by atoms with Crippen molar-refractivity contribution >= 4 is 36.3 Å². The fourth-order valence-corrected chi connectivity index (χ4v) is 1.69. The highest BCUT2D eigenvalue weighted by atomic mass is 35.5. The first-order valence-electron chi connectivity index (χ1n) is 4.34. The highest BCUT2D eigenvalue weighted by Crippen LogP contribution is 2.33. The molecule has 4 N–H and O–H groups in total. The van der Waals surface area contributed by atoms with E-state index in [0.717, 1.165) is 0 Å². The third kappa shape index (κ3) is 2.68. The van der Waals surface area contributed by atoms with Crippen molar-refractivity contribution in [3.8, 4) is 0 Å². The summed E-state index contributed by atoms with van der Waals surface area (Å²) in [5, 5.41) is 34.8. The molecule has 0 spiro atoms. The molecular weight excluding hydrogens is 276 g/mol. The van der Waals surface area contributed by atoms with Gasteiger partial charge in [-0.05, 0) is 0 Å². The van der Waals surface area contributed by atoms with Crippen molar-refractivity contribution in [2.75, 3.05) is 0 Å². The average Bonchev–Trinajstić information content (AvgIpc) is 2.56. The molecule has 0 amide bonds. The van der Waals surface area contributed by atoms with Gasteiger partial charge in [0.1, 0.15) is 11.8 Å². The molecule has 0 radical (unpaired) electrons. The summed E-state index contributed by atoms with van der Waals surface area (Å²) in [4.78, 5) is 43.0. The number of carboxylic acids is 4. The minimum absolute atomic E-state index is 0. The maximum Gasteiger partial charge on any atom is 0.333 e. The molecule has 0 aliphatic carbocycles. The van der Waals surface area contributed by atoms with Crippen molar-refractivity contribution in [1.29, 1.82) is 0 Å². The number of ether oxygens (including phenoxy) is 1. The minimum atomic E-state index is -1.99. The number of carboxylic acid groups (broad SMARTS) is 4. The van der Waals surface area contributed by atoms with E-state index in [-0.39, 0.29) is 12.4 Å². The van der Waals surface area contributed by atoms with E-state index < -0.39 is 47.9 Å². The van der Waals surface area contributed by atoms with Crippen LogP contribution in [0.25, 0.3) is 0 Å². The van der Waals surface area contributed by atoms with Crippen molar-refractivity contribution in [3.05, 3.63) is 0 Å². The third-order valence-corrected chi connectivity index (χ3v) is 2.39. The molecule has 0 aromatic heterocycles. The zero-order chi connectivity index (χ0) is 13.3. The molecule has 4 unspecified atom stereocenters. The first-order chi connectivity index (χ1) is 7.77. The lowest BCUT2D eigenvalue weighted by molar-refractivity contribution is -0.163. The lowest BCUT2D eigenvalue weighted by Gasteiger charge is -2.13. The van der Waals surface area contributed by atoms with Crippen LogP contribution >= 0.6 is 12.4 Å². The van der Waals surface area contributed by atoms with Crippen LogP contribution in [0, 0.1) is 11.8 Å². The summed E-state index contributed by atoms with van der Waals surface area (Å²) in [6.45, 7) is 0. The van der Waals surface area contributed by atoms with Gasteiger partial charge in [0.15, 0.2) is 12.2 Å². The molecule has 9 nitrogen and oxygen atoms in total. The van der Waals surface area contributed by atoms with Crippen LogP contribution in [-0.4, -0.2) is 56.5 Å². The highest BCUT2D eigenvalue weighted by Gasteiger charge is 2.57. The molecule has 4 atom stereocenters. The van der Waals surface area contributed by atoms with E-state index in [1.54, 1.807) is 0 Å². The monoisotopic (exact) mass is 284 g/mol. The fourth-order valence-electron chi connectivity index (χ4n) is 1.69. The van der Waals surface area contributed by atoms with Gasteiger partial charge in [-0.2, -0.15) is 0 Å². The Kier molecular flexibility index (Phi) is 5.06. The van der Waals surface area contributed by atoms with Gasteiger partial charge in [0.25, 0.3) is 0 Å². The van der Waals surface area contributed by atoms with Crippen molar-refractivity contribution in [3.63, 3.8) is 0 Å². The van der Waals surface area contributed by atoms with Gasteiger partial charge in [0.2, 0.25) is 0 Å². The second-order valence-electron chi connectivity index (χ2n) is 3.38. The molecule has 0 saturated carbocycles. The zero-order valence-electron chi connectivity index (χ0n) is 8.55. The van der Waals surface area contributed by atoms with Crippen LogP contribution in [-0.2, 0) is 23.9 Å². The van der Waals surface area contributed by atoms with E-state index in [2.05, 4.69) is 4.74 Å². The number of hydrogen-bond donors (Lipinski definition) is 4. The normalized spacial score (nSPS) is 30.2.